The highest BCUT2D eigenvalue weighted by Gasteiger charge is 2.39. The van der Waals surface area contributed by atoms with Crippen LogP contribution in [-0.2, 0) is 14.8 Å². The molecule has 2 atom stereocenters. The van der Waals surface area contributed by atoms with E-state index in [1.807, 2.05) is 6.92 Å². The minimum Gasteiger partial charge on any atom is -0.493 e. The van der Waals surface area contributed by atoms with Crippen molar-refractivity contribution >= 4 is 15.9 Å². The molecule has 0 saturated carbocycles. The van der Waals surface area contributed by atoms with Gasteiger partial charge in [0.05, 0.1) is 19.1 Å². The van der Waals surface area contributed by atoms with Crippen molar-refractivity contribution in [2.75, 3.05) is 33.9 Å². The largest absolute Gasteiger partial charge is 0.493 e. The number of carbonyl (C=O) groups is 1. The van der Waals surface area contributed by atoms with Crippen LogP contribution in [0, 0.1) is 6.92 Å². The van der Waals surface area contributed by atoms with E-state index in [1.54, 1.807) is 42.5 Å². The van der Waals surface area contributed by atoms with Gasteiger partial charge in [-0.2, -0.15) is 4.31 Å². The lowest BCUT2D eigenvalue weighted by Crippen LogP contribution is -2.48. The molecule has 1 fully saturated rings. The average molecular weight is 479 g/mol. The van der Waals surface area contributed by atoms with Crippen LogP contribution in [-0.4, -0.2) is 69.8 Å². The van der Waals surface area contributed by atoms with Crippen molar-refractivity contribution in [2.45, 2.75) is 36.8 Å². The van der Waals surface area contributed by atoms with E-state index < -0.39 is 28.1 Å². The summed E-state index contributed by atoms with van der Waals surface area (Å²) in [7, 11) is -0.800. The number of aryl methyl sites for hydroxylation is 1. The lowest BCUT2D eigenvalue weighted by molar-refractivity contribution is -0.124. The Bertz CT molecular complexity index is 1030. The van der Waals surface area contributed by atoms with Crippen LogP contribution in [0.3, 0.4) is 0 Å². The Labute approximate surface area is 194 Å². The number of amides is 1. The Morgan fingerprint density at radius 2 is 1.79 bits per heavy atom. The highest BCUT2D eigenvalue weighted by Crippen LogP contribution is 2.36. The first-order valence-corrected chi connectivity index (χ1v) is 12.1. The Hall–Kier alpha value is -2.82. The van der Waals surface area contributed by atoms with Crippen LogP contribution in [0.5, 0.6) is 17.2 Å². The number of ether oxygens (including phenoxy) is 3. The van der Waals surface area contributed by atoms with Gasteiger partial charge in [-0.05, 0) is 44.0 Å². The molecule has 0 aromatic heterocycles. The van der Waals surface area contributed by atoms with E-state index in [0.717, 1.165) is 5.56 Å². The maximum absolute atomic E-state index is 13.0. The number of aliphatic hydroxyl groups excluding tert-OH is 1. The first kappa shape index (κ1) is 24.8. The highest BCUT2D eigenvalue weighted by molar-refractivity contribution is 7.89. The van der Waals surface area contributed by atoms with Crippen molar-refractivity contribution in [1.82, 2.24) is 9.62 Å². The second kappa shape index (κ2) is 10.9. The third-order valence-electron chi connectivity index (χ3n) is 5.45. The van der Waals surface area contributed by atoms with E-state index in [1.165, 1.54) is 18.5 Å². The molecule has 0 radical (unpaired) electrons. The van der Waals surface area contributed by atoms with Crippen LogP contribution in [0.25, 0.3) is 0 Å². The molecule has 2 aromatic rings. The topological polar surface area (TPSA) is 114 Å². The predicted octanol–water partition coefficient (Wildman–Crippen LogP) is 1.72. The van der Waals surface area contributed by atoms with E-state index in [0.29, 0.717) is 30.1 Å². The Morgan fingerprint density at radius 1 is 1.15 bits per heavy atom. The SMILES string of the molecule is COc1cccc(OC)c1OCC(O)CNC(=O)[C@@H]1CCCN1S(=O)(=O)c1ccc(C)cc1. The molecule has 2 N–H and O–H groups in total. The molecule has 10 heteroatoms. The maximum Gasteiger partial charge on any atom is 0.243 e. The molecule has 0 spiro atoms. The summed E-state index contributed by atoms with van der Waals surface area (Å²) < 4.78 is 43.5. The van der Waals surface area contributed by atoms with Crippen molar-refractivity contribution in [3.05, 3.63) is 48.0 Å². The minimum atomic E-state index is -3.79. The molecule has 1 unspecified atom stereocenters. The van der Waals surface area contributed by atoms with E-state index in [2.05, 4.69) is 5.32 Å². The zero-order valence-electron chi connectivity index (χ0n) is 19.0. The lowest BCUT2D eigenvalue weighted by Gasteiger charge is -2.24. The van der Waals surface area contributed by atoms with Crippen LogP contribution < -0.4 is 19.5 Å². The average Bonchev–Trinajstić information content (AvgIpc) is 3.32. The number of hydrogen-bond donors (Lipinski definition) is 2. The van der Waals surface area contributed by atoms with Crippen molar-refractivity contribution in [3.8, 4) is 17.2 Å². The smallest absolute Gasteiger partial charge is 0.243 e. The normalized spacial score (nSPS) is 17.4. The number of nitrogens with zero attached hydrogens (tertiary/aromatic N) is 1. The molecule has 1 saturated heterocycles. The third-order valence-corrected chi connectivity index (χ3v) is 7.37. The van der Waals surface area contributed by atoms with Crippen molar-refractivity contribution in [3.63, 3.8) is 0 Å². The number of carbonyl (C=O) groups excluding carboxylic acids is 1. The van der Waals surface area contributed by atoms with Gasteiger partial charge in [-0.25, -0.2) is 8.42 Å². The highest BCUT2D eigenvalue weighted by atomic mass is 32.2. The number of aliphatic hydroxyl groups is 1. The Kier molecular flexibility index (Phi) is 8.17. The summed E-state index contributed by atoms with van der Waals surface area (Å²) in [6.45, 7) is 1.94. The number of rotatable bonds is 10. The zero-order chi connectivity index (χ0) is 24.0. The second-order valence-corrected chi connectivity index (χ2v) is 9.68. The van der Waals surface area contributed by atoms with E-state index in [-0.39, 0.29) is 24.6 Å². The van der Waals surface area contributed by atoms with Gasteiger partial charge < -0.3 is 24.6 Å². The third kappa shape index (κ3) is 5.76. The van der Waals surface area contributed by atoms with Gasteiger partial charge in [-0.1, -0.05) is 23.8 Å². The predicted molar refractivity (Wildman–Crippen MR) is 122 cm³/mol. The number of nitrogens with one attached hydrogen (secondary N) is 1. The monoisotopic (exact) mass is 478 g/mol. The van der Waals surface area contributed by atoms with Crippen molar-refractivity contribution < 1.29 is 32.5 Å². The fraction of sp³-hybridized carbons (Fsp3) is 0.435. The number of para-hydroxylation sites is 1. The van der Waals surface area contributed by atoms with Gasteiger partial charge in [-0.15, -0.1) is 0 Å². The van der Waals surface area contributed by atoms with Crippen LogP contribution >= 0.6 is 0 Å². The van der Waals surface area contributed by atoms with Crippen molar-refractivity contribution in [2.24, 2.45) is 0 Å². The summed E-state index contributed by atoms with van der Waals surface area (Å²) in [6, 6.07) is 10.9. The first-order chi connectivity index (χ1) is 15.8. The van der Waals surface area contributed by atoms with Gasteiger partial charge in [0.1, 0.15) is 18.8 Å². The molecule has 3 rings (SSSR count). The number of hydrogen-bond acceptors (Lipinski definition) is 7. The number of sulfonamides is 1. The molecule has 0 bridgehead atoms. The van der Waals surface area contributed by atoms with Gasteiger partial charge in [-0.3, -0.25) is 4.79 Å². The second-order valence-electron chi connectivity index (χ2n) is 7.79. The molecule has 33 heavy (non-hydrogen) atoms. The quantitative estimate of drug-likeness (QED) is 0.534. The van der Waals surface area contributed by atoms with Crippen LogP contribution in [0.4, 0.5) is 0 Å². The summed E-state index contributed by atoms with van der Waals surface area (Å²) in [5.41, 5.74) is 0.951. The summed E-state index contributed by atoms with van der Waals surface area (Å²) >= 11 is 0. The number of methoxy groups -OCH3 is 2. The van der Waals surface area contributed by atoms with Gasteiger partial charge in [0.2, 0.25) is 21.7 Å². The summed E-state index contributed by atoms with van der Waals surface area (Å²) in [5.74, 6) is 0.804. The van der Waals surface area contributed by atoms with Gasteiger partial charge in [0, 0.05) is 13.1 Å². The van der Waals surface area contributed by atoms with E-state index >= 15 is 0 Å². The summed E-state index contributed by atoms with van der Waals surface area (Å²) in [4.78, 5) is 12.9. The van der Waals surface area contributed by atoms with Crippen LogP contribution in [0.15, 0.2) is 47.4 Å². The van der Waals surface area contributed by atoms with Crippen LogP contribution in [0.2, 0.25) is 0 Å². The summed E-state index contributed by atoms with van der Waals surface area (Å²) in [5, 5.41) is 12.9. The molecular formula is C23H30N2O7S. The Morgan fingerprint density at radius 3 is 2.39 bits per heavy atom. The summed E-state index contributed by atoms with van der Waals surface area (Å²) in [6.07, 6.45) is -0.0168. The molecule has 1 heterocycles. The molecule has 0 aliphatic carbocycles. The van der Waals surface area contributed by atoms with Gasteiger partial charge in [0.15, 0.2) is 11.5 Å². The fourth-order valence-electron chi connectivity index (χ4n) is 3.67. The lowest BCUT2D eigenvalue weighted by atomic mass is 10.2. The molecule has 180 valence electrons. The molecule has 9 nitrogen and oxygen atoms in total. The van der Waals surface area contributed by atoms with Crippen molar-refractivity contribution in [1.29, 1.82) is 0 Å². The first-order valence-electron chi connectivity index (χ1n) is 10.7. The van der Waals surface area contributed by atoms with Crippen LogP contribution in [0.1, 0.15) is 18.4 Å². The van der Waals surface area contributed by atoms with E-state index in [9.17, 15) is 18.3 Å². The minimum absolute atomic E-state index is 0.0920. The zero-order valence-corrected chi connectivity index (χ0v) is 19.8. The maximum atomic E-state index is 13.0. The molecule has 1 aliphatic heterocycles. The van der Waals surface area contributed by atoms with E-state index in [4.69, 9.17) is 14.2 Å². The molecule has 2 aromatic carbocycles. The fourth-order valence-corrected chi connectivity index (χ4v) is 5.33. The van der Waals surface area contributed by atoms with Gasteiger partial charge >= 0.3 is 0 Å². The molecular weight excluding hydrogens is 448 g/mol. The standard InChI is InChI=1S/C23H30N2O7S/c1-16-9-11-18(12-10-16)33(28,29)25-13-5-6-19(25)23(27)24-14-17(26)15-32-22-20(30-2)7-4-8-21(22)31-3/h4,7-12,17,19,26H,5-6,13-15H2,1-3H3,(H,24,27)/t17?,19-/m0/s1. The number of benzene rings is 2. The molecule has 1 aliphatic rings. The molecule has 1 amide bonds. The Balaban J connectivity index is 1.58. The van der Waals surface area contributed by atoms with Gasteiger partial charge in [0.25, 0.3) is 0 Å².